The number of rotatable bonds is 5. The number of fused-ring (bicyclic) bond motifs is 2. The van der Waals surface area contributed by atoms with Crippen LogP contribution in [-0.4, -0.2) is 23.1 Å². The van der Waals surface area contributed by atoms with Gasteiger partial charge in [-0.3, -0.25) is 9.78 Å². The van der Waals surface area contributed by atoms with Crippen molar-refractivity contribution in [2.45, 2.75) is 29.6 Å². The second-order valence-corrected chi connectivity index (χ2v) is 8.20. The molecule has 0 radical (unpaired) electrons. The van der Waals surface area contributed by atoms with Gasteiger partial charge in [-0.05, 0) is 42.8 Å². The van der Waals surface area contributed by atoms with E-state index in [-0.39, 0.29) is 5.91 Å². The lowest BCUT2D eigenvalue weighted by molar-refractivity contribution is 0.0953. The lowest BCUT2D eigenvalue weighted by Gasteiger charge is -2.14. The molecule has 0 fully saturated rings. The summed E-state index contributed by atoms with van der Waals surface area (Å²) in [5.41, 5.74) is 3.63. The number of carbonyl (C=O) groups is 1. The van der Waals surface area contributed by atoms with Crippen LogP contribution in [0.25, 0.3) is 0 Å². The summed E-state index contributed by atoms with van der Waals surface area (Å²) < 4.78 is 0. The van der Waals surface area contributed by atoms with Crippen molar-refractivity contribution in [3.05, 3.63) is 82.6 Å². The number of hydrogen-bond acceptors (Lipinski definition) is 4. The molecule has 2 heterocycles. The molecule has 146 valence electrons. The van der Waals surface area contributed by atoms with E-state index in [1.165, 1.54) is 0 Å². The summed E-state index contributed by atoms with van der Waals surface area (Å²) in [4.78, 5) is 24.4. The molecule has 6 heteroatoms. The first-order valence-electron chi connectivity index (χ1n) is 9.56. The van der Waals surface area contributed by atoms with Crippen molar-refractivity contribution >= 4 is 40.7 Å². The number of nitrogens with zero attached hydrogens (tertiary/aromatic N) is 2. The summed E-state index contributed by atoms with van der Waals surface area (Å²) >= 11 is 7.66. The molecule has 0 saturated heterocycles. The molecule has 1 aliphatic heterocycles. The first kappa shape index (κ1) is 19.7. The molecule has 4 rings (SSSR count). The molecule has 1 aliphatic rings. The standard InChI is InChI=1S/C23H20ClN3OS/c1-2-3-13-25-23(28)16-7-6-10-20-21(16)22(18-12-11-15(24)14-26-18)27-17-8-4-5-9-19(17)29-20/h4-12,14H,2-3,13H2,1H3,(H,25,28). The molecule has 1 N–H and O–H groups in total. The van der Waals surface area contributed by atoms with Gasteiger partial charge in [0.1, 0.15) is 0 Å². The van der Waals surface area contributed by atoms with Crippen LogP contribution in [0.15, 0.2) is 75.6 Å². The van der Waals surface area contributed by atoms with E-state index in [9.17, 15) is 4.79 Å². The SMILES string of the molecule is CCCCNC(=O)c1cccc2c1C(c1ccc(Cl)cn1)=Nc1ccccc1S2. The van der Waals surface area contributed by atoms with E-state index in [2.05, 4.69) is 17.2 Å². The van der Waals surface area contributed by atoms with Crippen molar-refractivity contribution in [3.63, 3.8) is 0 Å². The van der Waals surface area contributed by atoms with E-state index < -0.39 is 0 Å². The molecule has 0 unspecified atom stereocenters. The monoisotopic (exact) mass is 421 g/mol. The summed E-state index contributed by atoms with van der Waals surface area (Å²) in [5, 5.41) is 3.59. The van der Waals surface area contributed by atoms with Crippen LogP contribution < -0.4 is 5.32 Å². The normalized spacial score (nSPS) is 12.4. The van der Waals surface area contributed by atoms with Crippen LogP contribution in [0.2, 0.25) is 5.02 Å². The number of benzene rings is 2. The number of aliphatic imine (C=N–C) groups is 1. The van der Waals surface area contributed by atoms with Gasteiger partial charge in [-0.15, -0.1) is 0 Å². The number of para-hydroxylation sites is 1. The fourth-order valence-corrected chi connectivity index (χ4v) is 4.32. The van der Waals surface area contributed by atoms with Crippen molar-refractivity contribution in [1.29, 1.82) is 0 Å². The number of pyridine rings is 1. The number of carbonyl (C=O) groups excluding carboxylic acids is 1. The first-order valence-corrected chi connectivity index (χ1v) is 10.8. The van der Waals surface area contributed by atoms with Crippen molar-refractivity contribution in [3.8, 4) is 0 Å². The highest BCUT2D eigenvalue weighted by Crippen LogP contribution is 2.41. The van der Waals surface area contributed by atoms with Gasteiger partial charge in [0.05, 0.1) is 22.1 Å². The smallest absolute Gasteiger partial charge is 0.252 e. The number of unbranched alkanes of at least 4 members (excludes halogenated alkanes) is 1. The Morgan fingerprint density at radius 3 is 2.69 bits per heavy atom. The van der Waals surface area contributed by atoms with E-state index >= 15 is 0 Å². The molecule has 0 atom stereocenters. The lowest BCUT2D eigenvalue weighted by Crippen LogP contribution is -2.27. The number of hydrogen-bond donors (Lipinski definition) is 1. The molecule has 0 saturated carbocycles. The number of amides is 1. The average Bonchev–Trinajstić information content (AvgIpc) is 2.91. The van der Waals surface area contributed by atoms with Gasteiger partial charge >= 0.3 is 0 Å². The van der Waals surface area contributed by atoms with Gasteiger partial charge in [-0.2, -0.15) is 0 Å². The molecule has 0 aliphatic carbocycles. The summed E-state index contributed by atoms with van der Waals surface area (Å²) in [5.74, 6) is -0.0940. The molecule has 0 bridgehead atoms. The van der Waals surface area contributed by atoms with Crippen LogP contribution in [-0.2, 0) is 0 Å². The fraction of sp³-hybridized carbons (Fsp3) is 0.174. The van der Waals surface area contributed by atoms with E-state index in [0.29, 0.717) is 28.5 Å². The molecule has 1 amide bonds. The van der Waals surface area contributed by atoms with Crippen LogP contribution in [0.3, 0.4) is 0 Å². The Kier molecular flexibility index (Phi) is 5.97. The van der Waals surface area contributed by atoms with E-state index in [1.807, 2.05) is 48.5 Å². The minimum absolute atomic E-state index is 0.0940. The average molecular weight is 422 g/mol. The van der Waals surface area contributed by atoms with E-state index in [4.69, 9.17) is 16.6 Å². The third-order valence-corrected chi connectivity index (χ3v) is 5.96. The predicted molar refractivity (Wildman–Crippen MR) is 119 cm³/mol. The maximum absolute atomic E-state index is 13.0. The van der Waals surface area contributed by atoms with Gasteiger partial charge in [0, 0.05) is 33.7 Å². The molecular formula is C23H20ClN3OS. The van der Waals surface area contributed by atoms with Crippen molar-refractivity contribution in [1.82, 2.24) is 10.3 Å². The number of aromatic nitrogens is 1. The zero-order valence-corrected chi connectivity index (χ0v) is 17.6. The summed E-state index contributed by atoms with van der Waals surface area (Å²) in [6, 6.07) is 17.4. The maximum Gasteiger partial charge on any atom is 0.252 e. The Morgan fingerprint density at radius 2 is 1.90 bits per heavy atom. The largest absolute Gasteiger partial charge is 0.352 e. The molecule has 29 heavy (non-hydrogen) atoms. The zero-order chi connectivity index (χ0) is 20.2. The number of halogens is 1. The van der Waals surface area contributed by atoms with Crippen LogP contribution in [0.5, 0.6) is 0 Å². The summed E-state index contributed by atoms with van der Waals surface area (Å²) in [6.45, 7) is 2.75. The van der Waals surface area contributed by atoms with Crippen molar-refractivity contribution in [2.24, 2.45) is 4.99 Å². The zero-order valence-electron chi connectivity index (χ0n) is 16.0. The van der Waals surface area contributed by atoms with E-state index in [0.717, 1.165) is 33.9 Å². The maximum atomic E-state index is 13.0. The van der Waals surface area contributed by atoms with Crippen LogP contribution >= 0.6 is 23.4 Å². The second kappa shape index (κ2) is 8.80. The van der Waals surface area contributed by atoms with Gasteiger partial charge in [-0.25, -0.2) is 4.99 Å². The Bertz CT molecular complexity index is 1080. The minimum Gasteiger partial charge on any atom is -0.352 e. The Hall–Kier alpha value is -2.63. The lowest BCUT2D eigenvalue weighted by atomic mass is 9.99. The van der Waals surface area contributed by atoms with Crippen molar-refractivity contribution < 1.29 is 4.79 Å². The molecule has 0 spiro atoms. The Morgan fingerprint density at radius 1 is 1.07 bits per heavy atom. The highest BCUT2D eigenvalue weighted by Gasteiger charge is 2.25. The predicted octanol–water partition coefficient (Wildman–Crippen LogP) is 5.90. The minimum atomic E-state index is -0.0940. The van der Waals surface area contributed by atoms with Gasteiger partial charge in [-0.1, -0.05) is 54.9 Å². The quantitative estimate of drug-likeness (QED) is 0.408. The Balaban J connectivity index is 1.89. The van der Waals surface area contributed by atoms with Gasteiger partial charge in [0.2, 0.25) is 0 Å². The molecule has 3 aromatic rings. The molecule has 2 aromatic carbocycles. The highest BCUT2D eigenvalue weighted by atomic mass is 35.5. The van der Waals surface area contributed by atoms with E-state index in [1.54, 1.807) is 24.0 Å². The molecule has 1 aromatic heterocycles. The van der Waals surface area contributed by atoms with Crippen LogP contribution in [0.1, 0.15) is 41.4 Å². The van der Waals surface area contributed by atoms with Crippen LogP contribution in [0.4, 0.5) is 5.69 Å². The topological polar surface area (TPSA) is 54.4 Å². The summed E-state index contributed by atoms with van der Waals surface area (Å²) in [6.07, 6.45) is 3.58. The first-order chi connectivity index (χ1) is 14.2. The third-order valence-electron chi connectivity index (χ3n) is 4.61. The van der Waals surface area contributed by atoms with Gasteiger partial charge in [0.25, 0.3) is 5.91 Å². The van der Waals surface area contributed by atoms with Gasteiger partial charge in [0.15, 0.2) is 0 Å². The Labute approximate surface area is 179 Å². The van der Waals surface area contributed by atoms with Gasteiger partial charge < -0.3 is 5.32 Å². The summed E-state index contributed by atoms with van der Waals surface area (Å²) in [7, 11) is 0. The van der Waals surface area contributed by atoms with Crippen LogP contribution in [0, 0.1) is 0 Å². The highest BCUT2D eigenvalue weighted by molar-refractivity contribution is 7.99. The second-order valence-electron chi connectivity index (χ2n) is 6.68. The molecule has 4 nitrogen and oxygen atoms in total. The molecular weight excluding hydrogens is 402 g/mol. The fourth-order valence-electron chi connectivity index (χ4n) is 3.16. The number of nitrogens with one attached hydrogen (secondary N) is 1. The van der Waals surface area contributed by atoms with Crippen molar-refractivity contribution in [2.75, 3.05) is 6.54 Å². The third kappa shape index (κ3) is 4.21.